The fourth-order valence-electron chi connectivity index (χ4n) is 2.40. The van der Waals surface area contributed by atoms with E-state index < -0.39 is 0 Å². The zero-order chi connectivity index (χ0) is 13.7. The lowest BCUT2D eigenvalue weighted by molar-refractivity contribution is 0.729. The third-order valence-corrected chi connectivity index (χ3v) is 3.99. The highest BCUT2D eigenvalue weighted by Crippen LogP contribution is 2.41. The standard InChI is InChI=1S/C14H18N6/c1-19-13(7-11(17-19)9-3-4-9)15-16-14-8-12(10-5-6-10)18-20(14)2/h7-10H,3-6H2,1-2H3/b16-15+. The number of azo groups is 1. The number of hydrogen-bond donors (Lipinski definition) is 0. The molecule has 0 saturated heterocycles. The van der Waals surface area contributed by atoms with Gasteiger partial charge in [0.25, 0.3) is 0 Å². The molecule has 0 aromatic carbocycles. The van der Waals surface area contributed by atoms with Gasteiger partial charge in [-0.2, -0.15) is 10.2 Å². The van der Waals surface area contributed by atoms with Crippen LogP contribution in [0.5, 0.6) is 0 Å². The van der Waals surface area contributed by atoms with Gasteiger partial charge in [0.2, 0.25) is 0 Å². The van der Waals surface area contributed by atoms with E-state index in [1.165, 1.54) is 25.7 Å². The van der Waals surface area contributed by atoms with Crippen molar-refractivity contribution in [2.45, 2.75) is 37.5 Å². The molecule has 2 aliphatic carbocycles. The van der Waals surface area contributed by atoms with Crippen LogP contribution in [0.1, 0.15) is 48.9 Å². The minimum atomic E-state index is 0.642. The second-order valence-electron chi connectivity index (χ2n) is 5.85. The molecule has 0 radical (unpaired) electrons. The fraction of sp³-hybridized carbons (Fsp3) is 0.571. The Hall–Kier alpha value is -1.98. The molecule has 0 amide bonds. The molecule has 0 atom stereocenters. The molecule has 0 spiro atoms. The van der Waals surface area contributed by atoms with E-state index in [4.69, 9.17) is 0 Å². The Morgan fingerprint density at radius 2 is 1.25 bits per heavy atom. The number of aromatic nitrogens is 4. The van der Waals surface area contributed by atoms with Gasteiger partial charge in [-0.1, -0.05) is 0 Å². The van der Waals surface area contributed by atoms with Crippen molar-refractivity contribution in [2.24, 2.45) is 24.3 Å². The summed E-state index contributed by atoms with van der Waals surface area (Å²) in [6.07, 6.45) is 5.00. The van der Waals surface area contributed by atoms with Crippen LogP contribution in [-0.2, 0) is 14.1 Å². The fourth-order valence-corrected chi connectivity index (χ4v) is 2.40. The summed E-state index contributed by atoms with van der Waals surface area (Å²) in [4.78, 5) is 0. The molecule has 2 saturated carbocycles. The first-order valence-corrected chi connectivity index (χ1v) is 7.20. The van der Waals surface area contributed by atoms with Crippen LogP contribution in [-0.4, -0.2) is 19.6 Å². The predicted molar refractivity (Wildman–Crippen MR) is 74.5 cm³/mol. The van der Waals surface area contributed by atoms with E-state index in [-0.39, 0.29) is 0 Å². The van der Waals surface area contributed by atoms with Crippen LogP contribution >= 0.6 is 0 Å². The maximum absolute atomic E-state index is 4.49. The minimum Gasteiger partial charge on any atom is -0.249 e. The Balaban J connectivity index is 1.57. The lowest BCUT2D eigenvalue weighted by Gasteiger charge is -1.93. The van der Waals surface area contributed by atoms with Crippen LogP contribution in [0.15, 0.2) is 22.4 Å². The molecule has 6 heteroatoms. The molecule has 2 aromatic heterocycles. The van der Waals surface area contributed by atoms with E-state index in [1.807, 2.05) is 26.2 Å². The van der Waals surface area contributed by atoms with E-state index in [0.717, 1.165) is 23.0 Å². The number of hydrogen-bond acceptors (Lipinski definition) is 4. The summed E-state index contributed by atoms with van der Waals surface area (Å²) in [6.45, 7) is 0. The topological polar surface area (TPSA) is 60.4 Å². The second-order valence-corrected chi connectivity index (χ2v) is 5.85. The normalized spacial score (nSPS) is 19.1. The SMILES string of the molecule is Cn1nc(C2CC2)cc1/N=N/c1cc(C2CC2)nn1C. The van der Waals surface area contributed by atoms with Crippen molar-refractivity contribution in [3.8, 4) is 0 Å². The summed E-state index contributed by atoms with van der Waals surface area (Å²) < 4.78 is 3.60. The van der Waals surface area contributed by atoms with E-state index in [2.05, 4.69) is 20.4 Å². The van der Waals surface area contributed by atoms with Gasteiger partial charge in [0.15, 0.2) is 11.6 Å². The Kier molecular flexibility index (Phi) is 2.52. The van der Waals surface area contributed by atoms with Gasteiger partial charge in [-0.15, -0.1) is 10.2 Å². The highest BCUT2D eigenvalue weighted by Gasteiger charge is 2.27. The number of aryl methyl sites for hydroxylation is 2. The van der Waals surface area contributed by atoms with Gasteiger partial charge in [-0.05, 0) is 25.7 Å². The van der Waals surface area contributed by atoms with Crippen molar-refractivity contribution in [2.75, 3.05) is 0 Å². The van der Waals surface area contributed by atoms with Crippen LogP contribution in [0.3, 0.4) is 0 Å². The Bertz CT molecular complexity index is 614. The van der Waals surface area contributed by atoms with Gasteiger partial charge in [0.1, 0.15) is 0 Å². The molecule has 2 aromatic rings. The van der Waals surface area contributed by atoms with Gasteiger partial charge in [-0.3, -0.25) is 0 Å². The lowest BCUT2D eigenvalue weighted by Crippen LogP contribution is -1.91. The molecule has 0 aliphatic heterocycles. The van der Waals surface area contributed by atoms with Crippen LogP contribution in [0.4, 0.5) is 11.6 Å². The second kappa shape index (κ2) is 4.26. The molecule has 2 fully saturated rings. The van der Waals surface area contributed by atoms with Gasteiger partial charge in [-0.25, -0.2) is 9.36 Å². The molecular weight excluding hydrogens is 252 g/mol. The smallest absolute Gasteiger partial charge is 0.173 e. The molecule has 20 heavy (non-hydrogen) atoms. The van der Waals surface area contributed by atoms with E-state index in [0.29, 0.717) is 11.8 Å². The first kappa shape index (κ1) is 11.8. The number of nitrogens with zero attached hydrogens (tertiary/aromatic N) is 6. The van der Waals surface area contributed by atoms with E-state index in [9.17, 15) is 0 Å². The third kappa shape index (κ3) is 2.15. The highest BCUT2D eigenvalue weighted by molar-refractivity contribution is 5.36. The summed E-state index contributed by atoms with van der Waals surface area (Å²) in [5.41, 5.74) is 2.29. The van der Waals surface area contributed by atoms with Crippen LogP contribution in [0.25, 0.3) is 0 Å². The summed E-state index contributed by atoms with van der Waals surface area (Å²) in [5, 5.41) is 17.6. The largest absolute Gasteiger partial charge is 0.249 e. The van der Waals surface area contributed by atoms with Crippen molar-refractivity contribution in [3.63, 3.8) is 0 Å². The molecule has 0 N–H and O–H groups in total. The molecule has 6 nitrogen and oxygen atoms in total. The molecule has 2 aliphatic rings. The van der Waals surface area contributed by atoms with Crippen molar-refractivity contribution in [3.05, 3.63) is 23.5 Å². The average Bonchev–Trinajstić information content (AvgIpc) is 3.33. The zero-order valence-corrected chi connectivity index (χ0v) is 11.8. The van der Waals surface area contributed by atoms with Crippen molar-refractivity contribution in [1.82, 2.24) is 19.6 Å². The number of rotatable bonds is 4. The van der Waals surface area contributed by atoms with Crippen molar-refractivity contribution >= 4 is 11.6 Å². The lowest BCUT2D eigenvalue weighted by atomic mass is 10.3. The van der Waals surface area contributed by atoms with Gasteiger partial charge >= 0.3 is 0 Å². The summed E-state index contributed by atoms with van der Waals surface area (Å²) >= 11 is 0. The molecule has 104 valence electrons. The van der Waals surface area contributed by atoms with Crippen molar-refractivity contribution in [1.29, 1.82) is 0 Å². The van der Waals surface area contributed by atoms with Gasteiger partial charge in [0.05, 0.1) is 11.4 Å². The average molecular weight is 270 g/mol. The Morgan fingerprint density at radius 3 is 1.60 bits per heavy atom. The molecule has 0 bridgehead atoms. The Morgan fingerprint density at radius 1 is 0.850 bits per heavy atom. The summed E-state index contributed by atoms with van der Waals surface area (Å²) in [5.74, 6) is 2.90. The quantitative estimate of drug-likeness (QED) is 0.800. The summed E-state index contributed by atoms with van der Waals surface area (Å²) in [7, 11) is 3.83. The van der Waals surface area contributed by atoms with Crippen molar-refractivity contribution < 1.29 is 0 Å². The van der Waals surface area contributed by atoms with Gasteiger partial charge < -0.3 is 0 Å². The maximum atomic E-state index is 4.49. The highest BCUT2D eigenvalue weighted by atomic mass is 15.4. The zero-order valence-electron chi connectivity index (χ0n) is 11.8. The molecule has 0 unspecified atom stereocenters. The maximum Gasteiger partial charge on any atom is 0.173 e. The van der Waals surface area contributed by atoms with E-state index >= 15 is 0 Å². The van der Waals surface area contributed by atoms with Crippen LogP contribution in [0.2, 0.25) is 0 Å². The van der Waals surface area contributed by atoms with Crippen LogP contribution < -0.4 is 0 Å². The molecule has 2 heterocycles. The minimum absolute atomic E-state index is 0.642. The van der Waals surface area contributed by atoms with E-state index in [1.54, 1.807) is 9.36 Å². The summed E-state index contributed by atoms with van der Waals surface area (Å²) in [6, 6.07) is 4.08. The van der Waals surface area contributed by atoms with Crippen LogP contribution in [0, 0.1) is 0 Å². The predicted octanol–water partition coefficient (Wildman–Crippen LogP) is 3.32. The molecular formula is C14H18N6. The molecule has 4 rings (SSSR count). The first-order chi connectivity index (χ1) is 9.70. The first-order valence-electron chi connectivity index (χ1n) is 7.20. The Labute approximate surface area is 117 Å². The third-order valence-electron chi connectivity index (χ3n) is 3.99. The van der Waals surface area contributed by atoms with Gasteiger partial charge in [0, 0.05) is 38.1 Å². The monoisotopic (exact) mass is 270 g/mol.